The number of rotatable bonds is 8. The molecule has 2 heterocycles. The van der Waals surface area contributed by atoms with Gasteiger partial charge in [-0.25, -0.2) is 13.8 Å². The second kappa shape index (κ2) is 10.5. The van der Waals surface area contributed by atoms with Gasteiger partial charge in [0.25, 0.3) is 0 Å². The fourth-order valence-corrected chi connectivity index (χ4v) is 3.76. The van der Waals surface area contributed by atoms with Gasteiger partial charge in [-0.15, -0.1) is 0 Å². The van der Waals surface area contributed by atoms with Crippen LogP contribution in [0.3, 0.4) is 0 Å². The Balaban J connectivity index is 1.33. The number of aryl methyl sites for hydroxylation is 1. The van der Waals surface area contributed by atoms with E-state index in [0.29, 0.717) is 43.4 Å². The molecule has 1 unspecified atom stereocenters. The van der Waals surface area contributed by atoms with Gasteiger partial charge in [0.15, 0.2) is 11.7 Å². The van der Waals surface area contributed by atoms with Crippen molar-refractivity contribution in [1.82, 2.24) is 15.2 Å². The lowest BCUT2D eigenvalue weighted by Crippen LogP contribution is -2.43. The van der Waals surface area contributed by atoms with Crippen molar-refractivity contribution in [2.45, 2.75) is 18.9 Å². The predicted octanol–water partition coefficient (Wildman–Crippen LogP) is 3.74. The number of halogens is 2. The van der Waals surface area contributed by atoms with E-state index in [9.17, 15) is 13.6 Å². The lowest BCUT2D eigenvalue weighted by molar-refractivity contribution is -0.121. The number of oxazole rings is 1. The van der Waals surface area contributed by atoms with E-state index < -0.39 is 0 Å². The fraction of sp³-hybridized carbons (Fsp3) is 0.333. The molecule has 1 aromatic heterocycles. The van der Waals surface area contributed by atoms with E-state index >= 15 is 0 Å². The zero-order valence-electron chi connectivity index (χ0n) is 17.6. The highest BCUT2D eigenvalue weighted by atomic mass is 19.1. The first-order valence-electron chi connectivity index (χ1n) is 10.6. The van der Waals surface area contributed by atoms with Crippen LogP contribution in [0.1, 0.15) is 23.9 Å². The standard InChI is InChI=1S/C24H25F2N3O3/c25-18-7-5-17(6-8-18)21(29-11-13-31-14-12-29)15-27-23(30)9-10-24-28-16-22(32-24)19-3-1-2-4-20(19)26/h1-8,16,21H,9-15H2,(H,27,30). The van der Waals surface area contributed by atoms with Crippen LogP contribution in [-0.2, 0) is 16.0 Å². The van der Waals surface area contributed by atoms with Gasteiger partial charge < -0.3 is 14.5 Å². The van der Waals surface area contributed by atoms with Gasteiger partial charge in [0.2, 0.25) is 5.91 Å². The molecule has 1 saturated heterocycles. The Morgan fingerprint density at radius 3 is 2.59 bits per heavy atom. The van der Waals surface area contributed by atoms with Crippen LogP contribution >= 0.6 is 0 Å². The summed E-state index contributed by atoms with van der Waals surface area (Å²) in [5.74, 6) is -0.109. The van der Waals surface area contributed by atoms with E-state index in [2.05, 4.69) is 15.2 Å². The molecule has 0 bridgehead atoms. The molecule has 0 radical (unpaired) electrons. The molecular formula is C24H25F2N3O3. The van der Waals surface area contributed by atoms with Crippen molar-refractivity contribution in [3.8, 4) is 11.3 Å². The molecule has 0 aliphatic carbocycles. The quantitative estimate of drug-likeness (QED) is 0.577. The van der Waals surface area contributed by atoms with Gasteiger partial charge in [-0.05, 0) is 29.8 Å². The third kappa shape index (κ3) is 5.57. The van der Waals surface area contributed by atoms with Gasteiger partial charge in [-0.2, -0.15) is 0 Å². The Morgan fingerprint density at radius 2 is 1.84 bits per heavy atom. The van der Waals surface area contributed by atoms with Crippen molar-refractivity contribution in [2.24, 2.45) is 0 Å². The maximum absolute atomic E-state index is 13.9. The van der Waals surface area contributed by atoms with Crippen LogP contribution in [0.15, 0.2) is 59.1 Å². The van der Waals surface area contributed by atoms with Crippen molar-refractivity contribution < 1.29 is 22.7 Å². The van der Waals surface area contributed by atoms with E-state index in [4.69, 9.17) is 9.15 Å². The van der Waals surface area contributed by atoms with E-state index in [1.807, 2.05) is 0 Å². The van der Waals surface area contributed by atoms with Crippen LogP contribution in [0, 0.1) is 11.6 Å². The summed E-state index contributed by atoms with van der Waals surface area (Å²) in [6.45, 7) is 3.14. The van der Waals surface area contributed by atoms with E-state index in [1.165, 1.54) is 24.4 Å². The fourth-order valence-electron chi connectivity index (χ4n) is 3.76. The first kappa shape index (κ1) is 22.1. The minimum absolute atomic E-state index is 0.0714. The SMILES string of the molecule is O=C(CCc1ncc(-c2ccccc2F)o1)NCC(c1ccc(F)cc1)N1CCOCC1. The number of amides is 1. The zero-order valence-corrected chi connectivity index (χ0v) is 17.6. The molecular weight excluding hydrogens is 416 g/mol. The van der Waals surface area contributed by atoms with Crippen molar-refractivity contribution in [1.29, 1.82) is 0 Å². The summed E-state index contributed by atoms with van der Waals surface area (Å²) in [5.41, 5.74) is 1.28. The molecule has 2 aromatic carbocycles. The zero-order chi connectivity index (χ0) is 22.3. The second-order valence-corrected chi connectivity index (χ2v) is 7.62. The number of carbonyl (C=O) groups is 1. The Bertz CT molecular complexity index is 1030. The molecule has 1 fully saturated rings. The van der Waals surface area contributed by atoms with Crippen molar-refractivity contribution in [3.63, 3.8) is 0 Å². The number of ether oxygens (including phenoxy) is 1. The summed E-state index contributed by atoms with van der Waals surface area (Å²) >= 11 is 0. The highest BCUT2D eigenvalue weighted by molar-refractivity contribution is 5.76. The second-order valence-electron chi connectivity index (χ2n) is 7.62. The van der Waals surface area contributed by atoms with E-state index in [-0.39, 0.29) is 30.0 Å². The average Bonchev–Trinajstić information content (AvgIpc) is 3.29. The largest absolute Gasteiger partial charge is 0.441 e. The number of nitrogens with one attached hydrogen (secondary N) is 1. The Morgan fingerprint density at radius 1 is 1.09 bits per heavy atom. The molecule has 1 amide bonds. The molecule has 8 heteroatoms. The molecule has 3 aromatic rings. The number of hydrogen-bond donors (Lipinski definition) is 1. The van der Waals surface area contributed by atoms with Gasteiger partial charge >= 0.3 is 0 Å². The normalized spacial score (nSPS) is 15.4. The highest BCUT2D eigenvalue weighted by Crippen LogP contribution is 2.24. The third-order valence-corrected chi connectivity index (χ3v) is 5.49. The number of morpholine rings is 1. The Kier molecular flexibility index (Phi) is 7.24. The van der Waals surface area contributed by atoms with Crippen LogP contribution in [0.2, 0.25) is 0 Å². The lowest BCUT2D eigenvalue weighted by Gasteiger charge is -2.35. The van der Waals surface area contributed by atoms with E-state index in [1.54, 1.807) is 30.3 Å². The summed E-state index contributed by atoms with van der Waals surface area (Å²) in [6, 6.07) is 12.6. The molecule has 0 spiro atoms. The molecule has 1 N–H and O–H groups in total. The van der Waals surface area contributed by atoms with Crippen molar-refractivity contribution >= 4 is 5.91 Å². The first-order valence-corrected chi connectivity index (χ1v) is 10.6. The molecule has 32 heavy (non-hydrogen) atoms. The number of aromatic nitrogens is 1. The molecule has 168 valence electrons. The minimum atomic E-state index is -0.386. The first-order chi connectivity index (χ1) is 15.6. The van der Waals surface area contributed by atoms with Gasteiger partial charge in [0, 0.05) is 32.5 Å². The number of nitrogens with zero attached hydrogens (tertiary/aromatic N) is 2. The van der Waals surface area contributed by atoms with Crippen molar-refractivity contribution in [3.05, 3.63) is 77.8 Å². The Labute approximate surface area is 185 Å². The Hall–Kier alpha value is -3.10. The van der Waals surface area contributed by atoms with Crippen molar-refractivity contribution in [2.75, 3.05) is 32.8 Å². The molecule has 1 aliphatic rings. The summed E-state index contributed by atoms with van der Waals surface area (Å²) in [4.78, 5) is 18.9. The lowest BCUT2D eigenvalue weighted by atomic mass is 10.0. The van der Waals surface area contributed by atoms with E-state index in [0.717, 1.165) is 18.7 Å². The predicted molar refractivity (Wildman–Crippen MR) is 115 cm³/mol. The van der Waals surface area contributed by atoms with Crippen LogP contribution in [-0.4, -0.2) is 48.6 Å². The monoisotopic (exact) mass is 441 g/mol. The molecule has 1 atom stereocenters. The number of carbonyl (C=O) groups excluding carboxylic acids is 1. The third-order valence-electron chi connectivity index (χ3n) is 5.49. The van der Waals surface area contributed by atoms with Crippen LogP contribution in [0.5, 0.6) is 0 Å². The van der Waals surface area contributed by atoms with Gasteiger partial charge in [0.1, 0.15) is 11.6 Å². The topological polar surface area (TPSA) is 67.6 Å². The molecule has 1 aliphatic heterocycles. The minimum Gasteiger partial charge on any atom is -0.441 e. The highest BCUT2D eigenvalue weighted by Gasteiger charge is 2.23. The maximum Gasteiger partial charge on any atom is 0.220 e. The summed E-state index contributed by atoms with van der Waals surface area (Å²) in [6.07, 6.45) is 1.96. The summed E-state index contributed by atoms with van der Waals surface area (Å²) in [7, 11) is 0. The van der Waals surface area contributed by atoms with Gasteiger partial charge in [-0.3, -0.25) is 9.69 Å². The van der Waals surface area contributed by atoms with Crippen LogP contribution in [0.25, 0.3) is 11.3 Å². The van der Waals surface area contributed by atoms with Gasteiger partial charge in [0.05, 0.1) is 31.0 Å². The van der Waals surface area contributed by atoms with Crippen LogP contribution in [0.4, 0.5) is 8.78 Å². The molecule has 6 nitrogen and oxygen atoms in total. The smallest absolute Gasteiger partial charge is 0.220 e. The van der Waals surface area contributed by atoms with Crippen LogP contribution < -0.4 is 5.32 Å². The summed E-state index contributed by atoms with van der Waals surface area (Å²) < 4.78 is 38.3. The number of benzene rings is 2. The molecule has 0 saturated carbocycles. The number of hydrogen-bond acceptors (Lipinski definition) is 5. The molecule has 4 rings (SSSR count). The average molecular weight is 441 g/mol. The maximum atomic E-state index is 13.9. The van der Waals surface area contributed by atoms with Gasteiger partial charge in [-0.1, -0.05) is 24.3 Å². The summed E-state index contributed by atoms with van der Waals surface area (Å²) in [5, 5.41) is 2.97.